The summed E-state index contributed by atoms with van der Waals surface area (Å²) in [5, 5.41) is 1.80. The number of esters is 1. The van der Waals surface area contributed by atoms with E-state index in [2.05, 4.69) is 0 Å². The van der Waals surface area contributed by atoms with Gasteiger partial charge in [-0.05, 0) is 52.0 Å². The molecule has 1 N–H and O–H groups in total. The lowest BCUT2D eigenvalue weighted by molar-refractivity contribution is -0.167. The van der Waals surface area contributed by atoms with Crippen molar-refractivity contribution in [2.24, 2.45) is 0 Å². The number of amides is 1. The number of alkyl halides is 3. The molecule has 0 unspecified atom stereocenters. The maximum absolute atomic E-state index is 12.6. The minimum atomic E-state index is -5.01. The van der Waals surface area contributed by atoms with E-state index in [1.54, 1.807) is 20.8 Å². The Balaban J connectivity index is 2.44. The van der Waals surface area contributed by atoms with Gasteiger partial charge in [0.05, 0.1) is 5.56 Å². The van der Waals surface area contributed by atoms with E-state index < -0.39 is 23.7 Å². The topological polar surface area (TPSA) is 55.4 Å². The van der Waals surface area contributed by atoms with Gasteiger partial charge in [-0.25, -0.2) is 4.79 Å². The Hall–Kier alpha value is -1.57. The third kappa shape index (κ3) is 5.20. The van der Waals surface area contributed by atoms with Crippen LogP contribution in [-0.4, -0.2) is 23.7 Å². The molecule has 2 rings (SSSR count). The number of thiophene rings is 1. The van der Waals surface area contributed by atoms with Crippen LogP contribution >= 0.6 is 11.3 Å². The first-order chi connectivity index (χ1) is 11.5. The van der Waals surface area contributed by atoms with Gasteiger partial charge in [-0.3, -0.25) is 4.79 Å². The number of halogens is 3. The highest BCUT2D eigenvalue weighted by atomic mass is 32.1. The van der Waals surface area contributed by atoms with Gasteiger partial charge in [-0.2, -0.15) is 13.2 Å². The van der Waals surface area contributed by atoms with Gasteiger partial charge in [-0.15, -0.1) is 11.3 Å². The van der Waals surface area contributed by atoms with E-state index in [9.17, 15) is 22.8 Å². The second-order valence-corrected chi connectivity index (χ2v) is 8.18. The standard InChI is InChI=1S/C17H22F3NO3S/c1-16(2,3)24-14(22)12-10-8-6-4-5-7-9-11(10)25-13(12)21-15(23)17(18,19)20/h4-9H2,1-3H3,(H,21,23). The average Bonchev–Trinajstić information content (AvgIpc) is 2.72. The molecular weight excluding hydrogens is 355 g/mol. The monoisotopic (exact) mass is 377 g/mol. The molecule has 4 nitrogen and oxygen atoms in total. The highest BCUT2D eigenvalue weighted by molar-refractivity contribution is 7.17. The lowest BCUT2D eigenvalue weighted by Crippen LogP contribution is -2.31. The quantitative estimate of drug-likeness (QED) is 0.749. The van der Waals surface area contributed by atoms with Gasteiger partial charge < -0.3 is 10.1 Å². The van der Waals surface area contributed by atoms with Crippen molar-refractivity contribution in [1.82, 2.24) is 0 Å². The Labute approximate surface area is 148 Å². The number of carbonyl (C=O) groups excluding carboxylic acids is 2. The Bertz CT molecular complexity index is 659. The van der Waals surface area contributed by atoms with Crippen molar-refractivity contribution >= 4 is 28.2 Å². The summed E-state index contributed by atoms with van der Waals surface area (Å²) in [6.07, 6.45) is 0.0974. The molecule has 0 aromatic carbocycles. The molecular formula is C17H22F3NO3S. The molecule has 0 fully saturated rings. The minimum Gasteiger partial charge on any atom is -0.456 e. The van der Waals surface area contributed by atoms with Crippen LogP contribution in [-0.2, 0) is 22.4 Å². The number of hydrogen-bond donors (Lipinski definition) is 1. The van der Waals surface area contributed by atoms with Crippen molar-refractivity contribution in [1.29, 1.82) is 0 Å². The number of rotatable bonds is 2. The molecule has 25 heavy (non-hydrogen) atoms. The molecule has 1 aromatic heterocycles. The van der Waals surface area contributed by atoms with E-state index in [4.69, 9.17) is 4.74 Å². The van der Waals surface area contributed by atoms with E-state index in [1.807, 2.05) is 5.32 Å². The van der Waals surface area contributed by atoms with Crippen LogP contribution in [0, 0.1) is 0 Å². The summed E-state index contributed by atoms with van der Waals surface area (Å²) in [5.41, 5.74) is 0.0181. The van der Waals surface area contributed by atoms with Crippen LogP contribution in [0.5, 0.6) is 0 Å². The first-order valence-corrected chi connectivity index (χ1v) is 9.07. The minimum absolute atomic E-state index is 0.0662. The van der Waals surface area contributed by atoms with Crippen LogP contribution in [0.2, 0.25) is 0 Å². The zero-order chi connectivity index (χ0) is 18.8. The first-order valence-electron chi connectivity index (χ1n) is 8.25. The number of hydrogen-bond acceptors (Lipinski definition) is 4. The number of ether oxygens (including phenoxy) is 1. The normalized spacial score (nSPS) is 15.8. The van der Waals surface area contributed by atoms with Gasteiger partial charge in [0.25, 0.3) is 0 Å². The van der Waals surface area contributed by atoms with Crippen molar-refractivity contribution < 1.29 is 27.5 Å². The maximum Gasteiger partial charge on any atom is 0.471 e. The summed E-state index contributed by atoms with van der Waals surface area (Å²) in [6, 6.07) is 0. The zero-order valence-electron chi connectivity index (χ0n) is 14.5. The summed E-state index contributed by atoms with van der Waals surface area (Å²) in [6.45, 7) is 5.07. The largest absolute Gasteiger partial charge is 0.471 e. The van der Waals surface area contributed by atoms with Gasteiger partial charge in [-0.1, -0.05) is 12.8 Å². The Kier molecular flexibility index (Phi) is 5.81. The van der Waals surface area contributed by atoms with Gasteiger partial charge in [0, 0.05) is 4.88 Å². The maximum atomic E-state index is 12.6. The summed E-state index contributed by atoms with van der Waals surface area (Å²) >= 11 is 1.05. The molecule has 1 aromatic rings. The highest BCUT2D eigenvalue weighted by Crippen LogP contribution is 2.38. The molecule has 1 heterocycles. The molecule has 1 aliphatic rings. The Morgan fingerprint density at radius 2 is 1.64 bits per heavy atom. The average molecular weight is 377 g/mol. The number of aryl methyl sites for hydroxylation is 1. The molecule has 140 valence electrons. The molecule has 0 atom stereocenters. The van der Waals surface area contributed by atoms with E-state index in [0.29, 0.717) is 12.8 Å². The second-order valence-electron chi connectivity index (χ2n) is 7.08. The molecule has 1 amide bonds. The fourth-order valence-corrected chi connectivity index (χ4v) is 4.00. The second kappa shape index (κ2) is 7.35. The summed E-state index contributed by atoms with van der Waals surface area (Å²) in [7, 11) is 0. The van der Waals surface area contributed by atoms with Crippen LogP contribution in [0.3, 0.4) is 0 Å². The molecule has 8 heteroatoms. The van der Waals surface area contributed by atoms with Crippen molar-refractivity contribution in [3.05, 3.63) is 16.0 Å². The molecule has 0 saturated carbocycles. The van der Waals surface area contributed by atoms with Crippen LogP contribution in [0.15, 0.2) is 0 Å². The fraction of sp³-hybridized carbons (Fsp3) is 0.647. The van der Waals surface area contributed by atoms with Gasteiger partial charge >= 0.3 is 18.1 Å². The predicted molar refractivity (Wildman–Crippen MR) is 90.0 cm³/mol. The van der Waals surface area contributed by atoms with E-state index in [0.717, 1.165) is 47.5 Å². The zero-order valence-corrected chi connectivity index (χ0v) is 15.3. The van der Waals surface area contributed by atoms with Gasteiger partial charge in [0.15, 0.2) is 0 Å². The van der Waals surface area contributed by atoms with Crippen molar-refractivity contribution in [2.45, 2.75) is 71.1 Å². The summed E-state index contributed by atoms with van der Waals surface area (Å²) in [4.78, 5) is 24.8. The van der Waals surface area contributed by atoms with Crippen LogP contribution in [0.4, 0.5) is 18.2 Å². The Morgan fingerprint density at radius 1 is 1.04 bits per heavy atom. The SMILES string of the molecule is CC(C)(C)OC(=O)c1c(NC(=O)C(F)(F)F)sc2c1CCCCCC2. The smallest absolute Gasteiger partial charge is 0.456 e. The van der Waals surface area contributed by atoms with E-state index in [-0.39, 0.29) is 10.6 Å². The molecule has 0 saturated heterocycles. The number of carbonyl (C=O) groups is 2. The van der Waals surface area contributed by atoms with Crippen molar-refractivity contribution in [3.8, 4) is 0 Å². The lowest BCUT2D eigenvalue weighted by atomic mass is 9.96. The Morgan fingerprint density at radius 3 is 2.20 bits per heavy atom. The van der Waals surface area contributed by atoms with Crippen LogP contribution in [0.1, 0.15) is 67.3 Å². The van der Waals surface area contributed by atoms with E-state index in [1.165, 1.54) is 0 Å². The first kappa shape index (κ1) is 19.8. The molecule has 0 radical (unpaired) electrons. The third-order valence-corrected chi connectivity index (χ3v) is 4.97. The summed E-state index contributed by atoms with van der Waals surface area (Å²) < 4.78 is 43.2. The summed E-state index contributed by atoms with van der Waals surface area (Å²) in [5.74, 6) is -2.77. The number of fused-ring (bicyclic) bond motifs is 1. The lowest BCUT2D eigenvalue weighted by Gasteiger charge is -2.21. The van der Waals surface area contributed by atoms with Gasteiger partial charge in [0.2, 0.25) is 0 Å². The number of nitrogens with one attached hydrogen (secondary N) is 1. The molecule has 0 spiro atoms. The van der Waals surface area contributed by atoms with Gasteiger partial charge in [0.1, 0.15) is 10.6 Å². The highest BCUT2D eigenvalue weighted by Gasteiger charge is 2.40. The number of anilines is 1. The predicted octanol–water partition coefficient (Wildman–Crippen LogP) is 4.86. The molecule has 0 bridgehead atoms. The molecule has 1 aliphatic carbocycles. The van der Waals surface area contributed by atoms with Crippen LogP contribution in [0.25, 0.3) is 0 Å². The molecule has 0 aliphatic heterocycles. The van der Waals surface area contributed by atoms with Crippen molar-refractivity contribution in [3.63, 3.8) is 0 Å². The van der Waals surface area contributed by atoms with Crippen LogP contribution < -0.4 is 5.32 Å². The van der Waals surface area contributed by atoms with Crippen molar-refractivity contribution in [2.75, 3.05) is 5.32 Å². The fourth-order valence-electron chi connectivity index (χ4n) is 2.73. The van der Waals surface area contributed by atoms with E-state index >= 15 is 0 Å². The third-order valence-electron chi connectivity index (χ3n) is 3.76.